The van der Waals surface area contributed by atoms with E-state index in [-0.39, 0.29) is 5.56 Å². The normalized spacial score (nSPS) is 11.6. The molecule has 0 aliphatic rings. The number of carboxylic acids is 1. The van der Waals surface area contributed by atoms with Gasteiger partial charge in [0, 0.05) is 13.8 Å². The molecule has 0 fully saturated rings. The topological polar surface area (TPSA) is 85.9 Å². The number of carboxylic acid groups (broad SMARTS) is 1. The SMILES string of the molecule is C=NOC(c1ccc(C(=O)O)cc1)c1c(C)nn(C)c1Oc1ccccc1. The van der Waals surface area contributed by atoms with Gasteiger partial charge in [0.25, 0.3) is 0 Å². The van der Waals surface area contributed by atoms with Gasteiger partial charge < -0.3 is 14.7 Å². The Morgan fingerprint density at radius 3 is 2.44 bits per heavy atom. The number of para-hydroxylation sites is 1. The van der Waals surface area contributed by atoms with Gasteiger partial charge >= 0.3 is 5.97 Å². The molecule has 138 valence electrons. The lowest BCUT2D eigenvalue weighted by molar-refractivity contribution is 0.0696. The number of nitrogens with zero attached hydrogens (tertiary/aromatic N) is 3. The molecule has 0 saturated heterocycles. The van der Waals surface area contributed by atoms with Crippen LogP contribution in [-0.4, -0.2) is 27.6 Å². The number of rotatable bonds is 7. The Morgan fingerprint density at radius 1 is 1.19 bits per heavy atom. The molecule has 1 aromatic heterocycles. The Balaban J connectivity index is 2.05. The molecular weight excluding hydrogens is 346 g/mol. The van der Waals surface area contributed by atoms with Crippen molar-refractivity contribution >= 4 is 12.7 Å². The van der Waals surface area contributed by atoms with Crippen molar-refractivity contribution in [3.05, 3.63) is 77.0 Å². The van der Waals surface area contributed by atoms with E-state index in [0.717, 1.165) is 0 Å². The summed E-state index contributed by atoms with van der Waals surface area (Å²) in [6, 6.07) is 15.7. The molecule has 0 amide bonds. The number of hydrogen-bond acceptors (Lipinski definition) is 5. The standard InChI is InChI=1S/C20H19N3O4/c1-13-17(19(23(3)22-13)26-16-7-5-4-6-8-16)18(27-21-2)14-9-11-15(12-10-14)20(24)25/h4-12,18H,2H2,1,3H3,(H,24,25). The molecule has 7 nitrogen and oxygen atoms in total. The molecule has 3 rings (SSSR count). The second kappa shape index (κ2) is 7.74. The van der Waals surface area contributed by atoms with Crippen LogP contribution in [0.15, 0.2) is 59.8 Å². The van der Waals surface area contributed by atoms with Gasteiger partial charge in [0.05, 0.1) is 16.8 Å². The van der Waals surface area contributed by atoms with E-state index in [0.29, 0.717) is 28.5 Å². The Bertz CT molecular complexity index is 949. The van der Waals surface area contributed by atoms with Crippen LogP contribution in [0.3, 0.4) is 0 Å². The molecule has 27 heavy (non-hydrogen) atoms. The monoisotopic (exact) mass is 365 g/mol. The number of ether oxygens (including phenoxy) is 1. The molecule has 0 bridgehead atoms. The third-order valence-electron chi connectivity index (χ3n) is 4.07. The van der Waals surface area contributed by atoms with E-state index in [2.05, 4.69) is 17.0 Å². The van der Waals surface area contributed by atoms with Gasteiger partial charge in [-0.1, -0.05) is 30.3 Å². The summed E-state index contributed by atoms with van der Waals surface area (Å²) < 4.78 is 7.66. The van der Waals surface area contributed by atoms with Crippen LogP contribution in [0.1, 0.15) is 33.3 Å². The first-order valence-corrected chi connectivity index (χ1v) is 8.22. The number of hydrogen-bond donors (Lipinski definition) is 1. The van der Waals surface area contributed by atoms with Crippen molar-refractivity contribution in [2.24, 2.45) is 12.2 Å². The predicted molar refractivity (Wildman–Crippen MR) is 100 cm³/mol. The minimum atomic E-state index is -0.994. The van der Waals surface area contributed by atoms with E-state index in [9.17, 15) is 4.79 Å². The van der Waals surface area contributed by atoms with E-state index >= 15 is 0 Å². The molecule has 7 heteroatoms. The van der Waals surface area contributed by atoms with Gasteiger partial charge in [-0.2, -0.15) is 5.10 Å². The van der Waals surface area contributed by atoms with Crippen molar-refractivity contribution in [3.63, 3.8) is 0 Å². The first kappa shape index (κ1) is 18.2. The van der Waals surface area contributed by atoms with Crippen LogP contribution < -0.4 is 4.74 Å². The Hall–Kier alpha value is -3.61. The molecule has 0 saturated carbocycles. The highest BCUT2D eigenvalue weighted by Crippen LogP contribution is 2.37. The zero-order valence-electron chi connectivity index (χ0n) is 15.0. The predicted octanol–water partition coefficient (Wildman–Crippen LogP) is 3.94. The third kappa shape index (κ3) is 3.82. The van der Waals surface area contributed by atoms with Gasteiger partial charge in [-0.25, -0.2) is 9.48 Å². The highest BCUT2D eigenvalue weighted by atomic mass is 16.6. The Labute approximate surface area is 156 Å². The van der Waals surface area contributed by atoms with Crippen LogP contribution in [0.2, 0.25) is 0 Å². The fraction of sp³-hybridized carbons (Fsp3) is 0.150. The van der Waals surface area contributed by atoms with E-state index in [4.69, 9.17) is 14.7 Å². The maximum Gasteiger partial charge on any atom is 0.335 e. The molecule has 2 aromatic carbocycles. The average molecular weight is 365 g/mol. The third-order valence-corrected chi connectivity index (χ3v) is 4.07. The van der Waals surface area contributed by atoms with Crippen molar-refractivity contribution in [3.8, 4) is 11.6 Å². The molecule has 1 atom stereocenters. The van der Waals surface area contributed by atoms with Crippen molar-refractivity contribution in [2.45, 2.75) is 13.0 Å². The van der Waals surface area contributed by atoms with Crippen LogP contribution in [0.4, 0.5) is 0 Å². The molecule has 0 radical (unpaired) electrons. The Morgan fingerprint density at radius 2 is 1.85 bits per heavy atom. The first-order valence-electron chi connectivity index (χ1n) is 8.22. The lowest BCUT2D eigenvalue weighted by atomic mass is 10.0. The van der Waals surface area contributed by atoms with Crippen molar-refractivity contribution in [2.75, 3.05) is 0 Å². The van der Waals surface area contributed by atoms with Gasteiger partial charge in [0.15, 0.2) is 6.10 Å². The second-order valence-corrected chi connectivity index (χ2v) is 5.88. The van der Waals surface area contributed by atoms with E-state index in [1.165, 1.54) is 12.1 Å². The Kier molecular flexibility index (Phi) is 5.21. The zero-order valence-corrected chi connectivity index (χ0v) is 15.0. The lowest BCUT2D eigenvalue weighted by Crippen LogP contribution is -2.07. The number of aromatic nitrogens is 2. The maximum absolute atomic E-state index is 11.1. The van der Waals surface area contributed by atoms with Crippen molar-refractivity contribution in [1.82, 2.24) is 9.78 Å². The second-order valence-electron chi connectivity index (χ2n) is 5.88. The fourth-order valence-electron chi connectivity index (χ4n) is 2.83. The van der Waals surface area contributed by atoms with E-state index in [1.807, 2.05) is 37.3 Å². The van der Waals surface area contributed by atoms with Gasteiger partial charge in [-0.3, -0.25) is 0 Å². The summed E-state index contributed by atoms with van der Waals surface area (Å²) in [7, 11) is 1.78. The number of benzene rings is 2. The van der Waals surface area contributed by atoms with Crippen LogP contribution >= 0.6 is 0 Å². The summed E-state index contributed by atoms with van der Waals surface area (Å²) in [4.78, 5) is 16.6. The van der Waals surface area contributed by atoms with Gasteiger partial charge in [-0.15, -0.1) is 5.16 Å². The van der Waals surface area contributed by atoms with Crippen molar-refractivity contribution in [1.29, 1.82) is 0 Å². The smallest absolute Gasteiger partial charge is 0.335 e. The summed E-state index contributed by atoms with van der Waals surface area (Å²) in [5.74, 6) is 0.175. The molecule has 1 heterocycles. The maximum atomic E-state index is 11.1. The largest absolute Gasteiger partial charge is 0.478 e. The van der Waals surface area contributed by atoms with Crippen LogP contribution in [0, 0.1) is 6.92 Å². The summed E-state index contributed by atoms with van der Waals surface area (Å²) in [5, 5.41) is 17.1. The molecule has 1 N–H and O–H groups in total. The first-order chi connectivity index (χ1) is 13.0. The van der Waals surface area contributed by atoms with Crippen LogP contribution in [0.5, 0.6) is 11.6 Å². The zero-order chi connectivity index (χ0) is 19.4. The minimum absolute atomic E-state index is 0.188. The van der Waals surface area contributed by atoms with Gasteiger partial charge in [0.2, 0.25) is 5.88 Å². The number of aryl methyl sites for hydroxylation is 2. The van der Waals surface area contributed by atoms with E-state index in [1.54, 1.807) is 23.9 Å². The quantitative estimate of drug-likeness (QED) is 0.506. The molecule has 1 unspecified atom stereocenters. The molecular formula is C20H19N3O4. The van der Waals surface area contributed by atoms with Gasteiger partial charge in [-0.05, 0) is 36.8 Å². The van der Waals surface area contributed by atoms with Crippen LogP contribution in [-0.2, 0) is 11.9 Å². The number of aromatic carboxylic acids is 1. The van der Waals surface area contributed by atoms with Crippen molar-refractivity contribution < 1.29 is 19.5 Å². The van der Waals surface area contributed by atoms with Gasteiger partial charge in [0.1, 0.15) is 5.75 Å². The molecule has 3 aromatic rings. The fourth-order valence-corrected chi connectivity index (χ4v) is 2.83. The highest BCUT2D eigenvalue weighted by Gasteiger charge is 2.28. The summed E-state index contributed by atoms with van der Waals surface area (Å²) in [5.41, 5.74) is 2.30. The summed E-state index contributed by atoms with van der Waals surface area (Å²) in [6.45, 7) is 5.26. The molecule has 0 spiro atoms. The number of carbonyl (C=O) groups is 1. The van der Waals surface area contributed by atoms with E-state index < -0.39 is 12.1 Å². The summed E-state index contributed by atoms with van der Waals surface area (Å²) in [6.07, 6.45) is -0.641. The molecule has 0 aliphatic heterocycles. The molecule has 0 aliphatic carbocycles. The summed E-state index contributed by atoms with van der Waals surface area (Å²) >= 11 is 0. The number of oxime groups is 1. The average Bonchev–Trinajstić information content (AvgIpc) is 2.94. The van der Waals surface area contributed by atoms with Crippen LogP contribution in [0.25, 0.3) is 0 Å². The minimum Gasteiger partial charge on any atom is -0.478 e. The highest BCUT2D eigenvalue weighted by molar-refractivity contribution is 5.87. The lowest BCUT2D eigenvalue weighted by Gasteiger charge is -2.17.